The van der Waals surface area contributed by atoms with Crippen LogP contribution in [0.2, 0.25) is 0 Å². The van der Waals surface area contributed by atoms with E-state index in [9.17, 15) is 24.0 Å². The molecule has 3 aliphatic rings. The van der Waals surface area contributed by atoms with Gasteiger partial charge in [0.25, 0.3) is 24.2 Å². The molecular weight excluding hydrogens is 1260 g/mol. The van der Waals surface area contributed by atoms with Gasteiger partial charge in [0.15, 0.2) is 77.7 Å². The molecule has 6 N–H and O–H groups in total. The van der Waals surface area contributed by atoms with E-state index in [1.165, 1.54) is 34.3 Å². The number of ether oxygens (including phenoxy) is 3. The van der Waals surface area contributed by atoms with E-state index in [4.69, 9.17) is 75.0 Å². The fourth-order valence-electron chi connectivity index (χ4n) is 4.21. The second-order valence-electron chi connectivity index (χ2n) is 11.7. The van der Waals surface area contributed by atoms with Crippen molar-refractivity contribution in [2.45, 2.75) is 0 Å². The predicted octanol–water partition coefficient (Wildman–Crippen LogP) is -1.84. The minimum atomic E-state index is -0.508. The van der Waals surface area contributed by atoms with Gasteiger partial charge in [-0.15, -0.1) is 23.2 Å². The van der Waals surface area contributed by atoms with Crippen molar-refractivity contribution in [2.24, 2.45) is 4.30 Å². The maximum atomic E-state index is 11.2. The van der Waals surface area contributed by atoms with Crippen molar-refractivity contribution in [3.63, 3.8) is 0 Å². The van der Waals surface area contributed by atoms with Crippen molar-refractivity contribution in [3.05, 3.63) is 90.1 Å². The number of fused-ring (bicyclic) bond motifs is 3. The summed E-state index contributed by atoms with van der Waals surface area (Å²) in [5.41, 5.74) is 5.16. The van der Waals surface area contributed by atoms with E-state index in [-0.39, 0.29) is 183 Å². The van der Waals surface area contributed by atoms with Gasteiger partial charge in [-0.05, 0) is 87.1 Å². The van der Waals surface area contributed by atoms with Crippen LogP contribution in [0.3, 0.4) is 0 Å². The monoisotopic (exact) mass is 1300 g/mol. The molecule has 0 aliphatic carbocycles. The number of hydrogen-bond donors (Lipinski definition) is 6. The van der Waals surface area contributed by atoms with Crippen LogP contribution in [0.15, 0.2) is 94.4 Å². The Morgan fingerprint density at radius 1 is 0.889 bits per heavy atom. The van der Waals surface area contributed by atoms with E-state index in [1.54, 1.807) is 75.2 Å². The molecule has 0 fully saturated rings. The van der Waals surface area contributed by atoms with Crippen molar-refractivity contribution in [3.8, 4) is 28.7 Å². The molecule has 5 aromatic heterocycles. The van der Waals surface area contributed by atoms with Crippen LogP contribution in [0.5, 0.6) is 28.7 Å². The molecule has 24 nitrogen and oxygen atoms in total. The fourth-order valence-corrected chi connectivity index (χ4v) is 4.58. The molecule has 377 valence electrons. The molecule has 0 saturated carbocycles. The summed E-state index contributed by atoms with van der Waals surface area (Å²) in [7, 11) is 7.71. The standard InChI is InChI=1S/C8H7BrN2O2.C8H8N2O2.C7H7ClN2O2.C7H6N2O2.C5H6N2O.C2H2Cl2O.CH3I.CH2O3.BHNS.2K.H/c1-11-7(12)4-13-6-2-5(9)3-10-8(6)11;1-10-7(11)5-12-6-3-2-4-9-8(6)10;8-4-6(12)10-7-5(11)2-1-3-9-7;10-6-4-11-5-2-1-3-8-7(5)9-6;6-5-4(8)2-1-3-7-5;3-1-2(4)5;1-2;2-1-4-3;1-2-3;;;/h2-3H,4H2,1H3;2-4H,5H2,1H3;1-3,11H,4H2,(H,9,10,12);1-3H,4H2,(H,8,9,10);1-3,8H,(H2,6,7);1H2;1H3;1,3H;3H;;;/q;;;;;;;;;2*+1;-1/p-1. The summed E-state index contributed by atoms with van der Waals surface area (Å²) in [4.78, 5) is 88.8. The Kier molecular flexibility index (Phi) is 45.2. The molecule has 0 saturated heterocycles. The second-order valence-corrected chi connectivity index (χ2v) is 13.8. The third-order valence-electron chi connectivity index (χ3n) is 7.15. The number of aromatic nitrogens is 5. The summed E-state index contributed by atoms with van der Waals surface area (Å²) in [6, 6.07) is 15.0. The number of anilines is 5. The number of nitrogens with zero attached hydrogens (tertiary/aromatic N) is 8. The topological polar surface area (TPSA) is 336 Å². The molecule has 5 aromatic rings. The van der Waals surface area contributed by atoms with Gasteiger partial charge in [-0.25, -0.2) is 24.9 Å². The molecule has 0 spiro atoms. The van der Waals surface area contributed by atoms with Gasteiger partial charge < -0.3 is 52.4 Å². The minimum absolute atomic E-state index is 0. The van der Waals surface area contributed by atoms with E-state index >= 15 is 0 Å². The molecule has 8 rings (SSSR count). The predicted molar refractivity (Wildman–Crippen MR) is 275 cm³/mol. The van der Waals surface area contributed by atoms with Crippen molar-refractivity contribution < 1.29 is 168 Å². The Labute approximate surface area is 542 Å². The normalized spacial score (nSPS) is 11.2. The maximum absolute atomic E-state index is 11.2. The summed E-state index contributed by atoms with van der Waals surface area (Å²) < 4.78 is 19.0. The Morgan fingerprint density at radius 3 is 1.83 bits per heavy atom. The van der Waals surface area contributed by atoms with E-state index in [0.29, 0.717) is 34.7 Å². The first-order valence-electron chi connectivity index (χ1n) is 18.5. The van der Waals surface area contributed by atoms with E-state index in [1.807, 2.05) is 4.93 Å². The van der Waals surface area contributed by atoms with Gasteiger partial charge >= 0.3 is 128 Å². The molecule has 8 heterocycles. The maximum Gasteiger partial charge on any atom is 1.00 e. The number of carbonyl (C=O) groups is 6. The van der Waals surface area contributed by atoms with Crippen LogP contribution in [0.4, 0.5) is 29.1 Å². The van der Waals surface area contributed by atoms with Gasteiger partial charge in [0.1, 0.15) is 5.88 Å². The van der Waals surface area contributed by atoms with Crippen LogP contribution in [0.25, 0.3) is 0 Å². The van der Waals surface area contributed by atoms with Gasteiger partial charge in [0, 0.05) is 49.6 Å². The molecule has 72 heavy (non-hydrogen) atoms. The van der Waals surface area contributed by atoms with Crippen LogP contribution >= 0.6 is 86.1 Å². The van der Waals surface area contributed by atoms with Gasteiger partial charge in [-0.1, -0.05) is 22.6 Å². The minimum Gasteiger partial charge on any atom is -1.00 e. The van der Waals surface area contributed by atoms with Crippen LogP contribution in [-0.4, -0.2) is 129 Å². The van der Waals surface area contributed by atoms with Crippen molar-refractivity contribution in [1.82, 2.24) is 24.9 Å². The zero-order chi connectivity index (χ0) is 53.0. The zero-order valence-electron chi connectivity index (χ0n) is 39.7. The number of alkyl halides is 3. The smallest absolute Gasteiger partial charge is 1.00 e. The Hall–Kier alpha value is -2.90. The molecule has 0 aromatic carbocycles. The van der Waals surface area contributed by atoms with Crippen LogP contribution in [-0.2, 0) is 33.7 Å². The van der Waals surface area contributed by atoms with E-state index in [2.05, 4.69) is 104 Å². The summed E-state index contributed by atoms with van der Waals surface area (Å²) in [5, 5.41) is 30.7. The number of thiol groups is 1. The van der Waals surface area contributed by atoms with E-state index < -0.39 is 11.1 Å². The Bertz CT molecular complexity index is 2450. The first kappa shape index (κ1) is 73.3. The molecule has 0 atom stereocenters. The molecule has 4 amide bonds. The Balaban J connectivity index is -0.000000381. The van der Waals surface area contributed by atoms with Crippen molar-refractivity contribution >= 4 is 158 Å². The summed E-state index contributed by atoms with van der Waals surface area (Å²) >= 11 is 23.4. The number of nitrogens with two attached hydrogens (primary N) is 1. The number of amides is 4. The first-order chi connectivity index (χ1) is 33.5. The second kappa shape index (κ2) is 44.4. The van der Waals surface area contributed by atoms with Gasteiger partial charge in [0.05, 0.1) is 5.88 Å². The SMILES string of the molecule is CI.CN1C(=O)COc2cc(Br)cnc21.CN1C(=O)COc2cccnc21.Nc1ncccc1O.O=C(CCl)Nc1ncccc1O.O=C(Cl)CCl.O=C1COc2cccnc2N1.O=CO[O-].[B]=NS.[H-].[K+].[K+]. The number of halogens is 5. The summed E-state index contributed by atoms with van der Waals surface area (Å²) in [6.07, 6.45) is 7.86. The number of rotatable bonds is 4. The first-order valence-corrected chi connectivity index (χ1v) is 23.3. The van der Waals surface area contributed by atoms with Crippen molar-refractivity contribution in [2.75, 3.05) is 76.8 Å². The van der Waals surface area contributed by atoms with Crippen LogP contribution in [0, 0.1) is 0 Å². The fraction of sp³-hybridized carbons (Fsp3) is 0.205. The van der Waals surface area contributed by atoms with Gasteiger partial charge in [0.2, 0.25) is 11.1 Å². The molecule has 1 radical (unpaired) electrons. The molecular formula is C39H42BBrCl3IK2N11O13S. The van der Waals surface area contributed by atoms with Crippen LogP contribution in [0.1, 0.15) is 1.43 Å². The number of hydrogen-bond acceptors (Lipinski definition) is 21. The number of nitrogens with one attached hydrogen (secondary N) is 2. The van der Waals surface area contributed by atoms with E-state index in [0.717, 1.165) is 4.47 Å². The molecule has 33 heteroatoms. The third-order valence-corrected chi connectivity index (χ3v) is 8.34. The summed E-state index contributed by atoms with van der Waals surface area (Å²) in [6.45, 7) is 0.0928. The number of pyridine rings is 5. The van der Waals surface area contributed by atoms with Gasteiger partial charge in [-0.3, -0.25) is 38.6 Å². The van der Waals surface area contributed by atoms with Gasteiger partial charge in [-0.2, -0.15) is 0 Å². The third kappa shape index (κ3) is 30.5. The molecule has 3 aliphatic heterocycles. The summed E-state index contributed by atoms with van der Waals surface area (Å²) in [5.74, 6) is 2.90. The van der Waals surface area contributed by atoms with Crippen molar-refractivity contribution in [1.29, 1.82) is 0 Å². The average molecular weight is 1310 g/mol. The molecule has 0 unspecified atom stereocenters. The number of likely N-dealkylation sites (N-methyl/N-ethyl adjacent to an activating group) is 2. The largest absolute Gasteiger partial charge is 1.00 e. The average Bonchev–Trinajstić information content (AvgIpc) is 3.37. The number of carbonyl (C=O) groups excluding carboxylic acids is 6. The quantitative estimate of drug-likeness (QED) is 0.0168. The van der Waals surface area contributed by atoms with Crippen LogP contribution < -0.4 is 148 Å². The number of nitrogen functional groups attached to an aromatic ring is 1. The molecule has 0 bridgehead atoms. The number of aromatic hydroxyl groups is 2. The zero-order valence-corrected chi connectivity index (χ0v) is 51.8. The Morgan fingerprint density at radius 2 is 1.35 bits per heavy atom.